The van der Waals surface area contributed by atoms with E-state index in [0.29, 0.717) is 23.8 Å². The zero-order valence-electron chi connectivity index (χ0n) is 10.7. The maximum absolute atomic E-state index is 8.95. The maximum atomic E-state index is 8.95. The van der Waals surface area contributed by atoms with Gasteiger partial charge in [-0.25, -0.2) is 0 Å². The summed E-state index contributed by atoms with van der Waals surface area (Å²) >= 11 is 0. The predicted octanol–water partition coefficient (Wildman–Crippen LogP) is 1.14. The standard InChI is InChI=1S/C12H19NO4/c1-13(5-6-14)9-7-11(16-3)12(17-4)8-10(9)15-2/h7-8,14H,5-6H2,1-4H3. The van der Waals surface area contributed by atoms with Gasteiger partial charge in [-0.3, -0.25) is 0 Å². The molecule has 0 aliphatic heterocycles. The highest BCUT2D eigenvalue weighted by Crippen LogP contribution is 2.39. The molecule has 0 spiro atoms. The summed E-state index contributed by atoms with van der Waals surface area (Å²) in [6.07, 6.45) is 0. The predicted molar refractivity (Wildman–Crippen MR) is 66.5 cm³/mol. The summed E-state index contributed by atoms with van der Waals surface area (Å²) in [7, 11) is 6.63. The lowest BCUT2D eigenvalue weighted by Crippen LogP contribution is -2.21. The molecule has 0 bridgehead atoms. The van der Waals surface area contributed by atoms with Crippen LogP contribution < -0.4 is 19.1 Å². The summed E-state index contributed by atoms with van der Waals surface area (Å²) in [5, 5.41) is 8.95. The highest BCUT2D eigenvalue weighted by Gasteiger charge is 2.14. The van der Waals surface area contributed by atoms with Crippen LogP contribution in [0.3, 0.4) is 0 Å². The Hall–Kier alpha value is -1.62. The first-order valence-corrected chi connectivity index (χ1v) is 5.30. The van der Waals surface area contributed by atoms with E-state index in [4.69, 9.17) is 19.3 Å². The smallest absolute Gasteiger partial charge is 0.164 e. The van der Waals surface area contributed by atoms with E-state index in [0.717, 1.165) is 5.69 Å². The summed E-state index contributed by atoms with van der Waals surface area (Å²) in [5.74, 6) is 1.93. The topological polar surface area (TPSA) is 51.2 Å². The minimum atomic E-state index is 0.0774. The molecule has 1 N–H and O–H groups in total. The third kappa shape index (κ3) is 2.94. The number of hydrogen-bond acceptors (Lipinski definition) is 5. The third-order valence-electron chi connectivity index (χ3n) is 2.53. The van der Waals surface area contributed by atoms with Crippen LogP contribution in [0.2, 0.25) is 0 Å². The number of aliphatic hydroxyl groups is 1. The fourth-order valence-electron chi connectivity index (χ4n) is 1.58. The fourth-order valence-corrected chi connectivity index (χ4v) is 1.58. The SMILES string of the molecule is COc1cc(OC)c(N(C)CCO)cc1OC. The van der Waals surface area contributed by atoms with Crippen molar-refractivity contribution in [2.24, 2.45) is 0 Å². The van der Waals surface area contributed by atoms with Crippen LogP contribution in [0.25, 0.3) is 0 Å². The molecule has 0 heterocycles. The summed E-state index contributed by atoms with van der Waals surface area (Å²) < 4.78 is 15.7. The molecule has 0 aliphatic carbocycles. The lowest BCUT2D eigenvalue weighted by Gasteiger charge is -2.22. The van der Waals surface area contributed by atoms with E-state index in [1.54, 1.807) is 27.4 Å². The Balaban J connectivity index is 3.18. The van der Waals surface area contributed by atoms with E-state index < -0.39 is 0 Å². The Labute approximate surface area is 102 Å². The largest absolute Gasteiger partial charge is 0.494 e. The molecule has 0 aliphatic rings. The van der Waals surface area contributed by atoms with Gasteiger partial charge in [0.25, 0.3) is 0 Å². The van der Waals surface area contributed by atoms with E-state index in [1.165, 1.54) is 0 Å². The van der Waals surface area contributed by atoms with Gasteiger partial charge in [-0.15, -0.1) is 0 Å². The quantitative estimate of drug-likeness (QED) is 0.809. The van der Waals surface area contributed by atoms with Gasteiger partial charge in [0.2, 0.25) is 0 Å². The van der Waals surface area contributed by atoms with Crippen LogP contribution in [-0.4, -0.2) is 46.6 Å². The molecule has 5 heteroatoms. The van der Waals surface area contributed by atoms with Crippen molar-refractivity contribution >= 4 is 5.69 Å². The van der Waals surface area contributed by atoms with Crippen LogP contribution in [0.15, 0.2) is 12.1 Å². The number of nitrogens with zero attached hydrogens (tertiary/aromatic N) is 1. The molecule has 0 atom stereocenters. The number of likely N-dealkylation sites (N-methyl/N-ethyl adjacent to an activating group) is 1. The highest BCUT2D eigenvalue weighted by molar-refractivity contribution is 5.65. The molecule has 0 unspecified atom stereocenters. The van der Waals surface area contributed by atoms with Crippen LogP contribution >= 0.6 is 0 Å². The second-order valence-corrected chi connectivity index (χ2v) is 3.52. The van der Waals surface area contributed by atoms with Crippen molar-refractivity contribution in [3.63, 3.8) is 0 Å². The highest BCUT2D eigenvalue weighted by atomic mass is 16.5. The van der Waals surface area contributed by atoms with Gasteiger partial charge < -0.3 is 24.2 Å². The molecule has 1 rings (SSSR count). The van der Waals surface area contributed by atoms with Crippen LogP contribution in [0.4, 0.5) is 5.69 Å². The molecule has 0 saturated carbocycles. The van der Waals surface area contributed by atoms with Crippen LogP contribution in [-0.2, 0) is 0 Å². The number of hydrogen-bond donors (Lipinski definition) is 1. The first kappa shape index (κ1) is 13.4. The number of benzene rings is 1. The van der Waals surface area contributed by atoms with Crippen molar-refractivity contribution in [3.8, 4) is 17.2 Å². The van der Waals surface area contributed by atoms with Crippen molar-refractivity contribution in [1.82, 2.24) is 0 Å². The van der Waals surface area contributed by atoms with Crippen molar-refractivity contribution < 1.29 is 19.3 Å². The molecular weight excluding hydrogens is 222 g/mol. The number of rotatable bonds is 6. The van der Waals surface area contributed by atoms with Crippen LogP contribution in [0, 0.1) is 0 Å². The molecule has 0 fully saturated rings. The Kier molecular flexibility index (Phi) is 4.90. The van der Waals surface area contributed by atoms with Crippen LogP contribution in [0.5, 0.6) is 17.2 Å². The van der Waals surface area contributed by atoms with Gasteiger partial charge in [-0.2, -0.15) is 0 Å². The number of methoxy groups -OCH3 is 3. The van der Waals surface area contributed by atoms with E-state index >= 15 is 0 Å². The molecule has 1 aromatic rings. The second kappa shape index (κ2) is 6.20. The first-order valence-electron chi connectivity index (χ1n) is 5.30. The zero-order valence-corrected chi connectivity index (χ0v) is 10.7. The van der Waals surface area contributed by atoms with Gasteiger partial charge in [-0.05, 0) is 0 Å². The summed E-state index contributed by atoms with van der Waals surface area (Å²) in [6, 6.07) is 3.59. The molecule has 5 nitrogen and oxygen atoms in total. The average molecular weight is 241 g/mol. The Morgan fingerprint density at radius 3 is 2.00 bits per heavy atom. The van der Waals surface area contributed by atoms with Gasteiger partial charge >= 0.3 is 0 Å². The summed E-state index contributed by atoms with van der Waals surface area (Å²) in [5.41, 5.74) is 0.846. The van der Waals surface area contributed by atoms with Crippen LogP contribution in [0.1, 0.15) is 0 Å². The molecule has 0 radical (unpaired) electrons. The van der Waals surface area contributed by atoms with Gasteiger partial charge in [0.05, 0.1) is 33.6 Å². The first-order chi connectivity index (χ1) is 8.17. The Morgan fingerprint density at radius 1 is 1.00 bits per heavy atom. The van der Waals surface area contributed by atoms with Crippen molar-refractivity contribution in [2.75, 3.05) is 46.4 Å². The summed E-state index contributed by atoms with van der Waals surface area (Å²) in [4.78, 5) is 1.89. The third-order valence-corrected chi connectivity index (χ3v) is 2.53. The van der Waals surface area contributed by atoms with Gasteiger partial charge in [0.1, 0.15) is 5.75 Å². The number of aliphatic hydroxyl groups excluding tert-OH is 1. The van der Waals surface area contributed by atoms with E-state index in [1.807, 2.05) is 18.0 Å². The van der Waals surface area contributed by atoms with Gasteiger partial charge in [0, 0.05) is 25.7 Å². The molecule has 0 aromatic heterocycles. The normalized spacial score (nSPS) is 9.94. The number of anilines is 1. The zero-order chi connectivity index (χ0) is 12.8. The molecular formula is C12H19NO4. The van der Waals surface area contributed by atoms with Gasteiger partial charge in [-0.1, -0.05) is 0 Å². The van der Waals surface area contributed by atoms with E-state index in [9.17, 15) is 0 Å². The minimum Gasteiger partial charge on any atom is -0.494 e. The lowest BCUT2D eigenvalue weighted by molar-refractivity contribution is 0.303. The fraction of sp³-hybridized carbons (Fsp3) is 0.500. The van der Waals surface area contributed by atoms with E-state index in [2.05, 4.69) is 0 Å². The second-order valence-electron chi connectivity index (χ2n) is 3.52. The molecule has 96 valence electrons. The maximum Gasteiger partial charge on any atom is 0.164 e. The lowest BCUT2D eigenvalue weighted by atomic mass is 10.2. The minimum absolute atomic E-state index is 0.0774. The average Bonchev–Trinajstić information content (AvgIpc) is 2.37. The van der Waals surface area contributed by atoms with E-state index in [-0.39, 0.29) is 6.61 Å². The molecule has 0 saturated heterocycles. The molecule has 1 aromatic carbocycles. The van der Waals surface area contributed by atoms with Gasteiger partial charge in [0.15, 0.2) is 11.5 Å². The molecule has 0 amide bonds. The van der Waals surface area contributed by atoms with Crippen molar-refractivity contribution in [2.45, 2.75) is 0 Å². The monoisotopic (exact) mass is 241 g/mol. The van der Waals surface area contributed by atoms with Crippen molar-refractivity contribution in [3.05, 3.63) is 12.1 Å². The Morgan fingerprint density at radius 2 is 1.53 bits per heavy atom. The Bertz CT molecular complexity index is 368. The number of ether oxygens (including phenoxy) is 3. The van der Waals surface area contributed by atoms with Crippen molar-refractivity contribution in [1.29, 1.82) is 0 Å². The molecule has 17 heavy (non-hydrogen) atoms. The summed E-state index contributed by atoms with van der Waals surface area (Å²) in [6.45, 7) is 0.597.